The molecule has 0 radical (unpaired) electrons. The zero-order valence-electron chi connectivity index (χ0n) is 9.34. The molecule has 1 N–H and O–H groups in total. The molecule has 13 heavy (non-hydrogen) atoms. The first-order valence-corrected chi connectivity index (χ1v) is 5.65. The standard InChI is InChI=1S/C11H24N2/c1-4-10(2)9-13(3)11-5-7-12-8-6-11/h10-12H,4-9H2,1-3H3. The quantitative estimate of drug-likeness (QED) is 0.715. The third-order valence-corrected chi connectivity index (χ3v) is 3.23. The van der Waals surface area contributed by atoms with Crippen LogP contribution in [-0.4, -0.2) is 37.6 Å². The van der Waals surface area contributed by atoms with E-state index in [2.05, 4.69) is 31.1 Å². The van der Waals surface area contributed by atoms with Crippen molar-refractivity contribution in [2.45, 2.75) is 39.2 Å². The summed E-state index contributed by atoms with van der Waals surface area (Å²) in [6, 6.07) is 0.829. The van der Waals surface area contributed by atoms with Crippen LogP contribution in [0.3, 0.4) is 0 Å². The molecule has 1 atom stereocenters. The van der Waals surface area contributed by atoms with Gasteiger partial charge in [-0.15, -0.1) is 0 Å². The van der Waals surface area contributed by atoms with Crippen LogP contribution in [0.5, 0.6) is 0 Å². The van der Waals surface area contributed by atoms with Crippen molar-refractivity contribution in [1.82, 2.24) is 10.2 Å². The summed E-state index contributed by atoms with van der Waals surface area (Å²) in [5, 5.41) is 3.41. The summed E-state index contributed by atoms with van der Waals surface area (Å²) in [5.74, 6) is 0.847. The first kappa shape index (κ1) is 11.0. The number of nitrogens with zero attached hydrogens (tertiary/aromatic N) is 1. The highest BCUT2D eigenvalue weighted by atomic mass is 15.1. The molecular formula is C11H24N2. The van der Waals surface area contributed by atoms with Gasteiger partial charge in [-0.05, 0) is 38.9 Å². The fourth-order valence-electron chi connectivity index (χ4n) is 2.02. The molecule has 0 aromatic rings. The molecule has 1 aliphatic heterocycles. The summed E-state index contributed by atoms with van der Waals surface area (Å²) < 4.78 is 0. The van der Waals surface area contributed by atoms with E-state index in [1.165, 1.54) is 38.9 Å². The Morgan fingerprint density at radius 3 is 2.54 bits per heavy atom. The van der Waals surface area contributed by atoms with Crippen LogP contribution in [0.4, 0.5) is 0 Å². The lowest BCUT2D eigenvalue weighted by Gasteiger charge is -2.33. The first-order chi connectivity index (χ1) is 6.24. The summed E-state index contributed by atoms with van der Waals surface area (Å²) in [5.41, 5.74) is 0. The van der Waals surface area contributed by atoms with E-state index in [1.807, 2.05) is 0 Å². The van der Waals surface area contributed by atoms with Gasteiger partial charge < -0.3 is 10.2 Å². The van der Waals surface area contributed by atoms with Crippen molar-refractivity contribution in [2.75, 3.05) is 26.7 Å². The molecule has 2 heteroatoms. The minimum Gasteiger partial charge on any atom is -0.317 e. The molecule has 0 bridgehead atoms. The van der Waals surface area contributed by atoms with Gasteiger partial charge in [0.2, 0.25) is 0 Å². The molecule has 1 fully saturated rings. The predicted molar refractivity (Wildman–Crippen MR) is 58.0 cm³/mol. The lowest BCUT2D eigenvalue weighted by atomic mass is 10.0. The van der Waals surface area contributed by atoms with Crippen molar-refractivity contribution in [2.24, 2.45) is 5.92 Å². The van der Waals surface area contributed by atoms with Gasteiger partial charge in [0, 0.05) is 12.6 Å². The highest BCUT2D eigenvalue weighted by molar-refractivity contribution is 4.76. The van der Waals surface area contributed by atoms with Crippen molar-refractivity contribution in [3.63, 3.8) is 0 Å². The number of rotatable bonds is 4. The minimum atomic E-state index is 0.829. The third kappa shape index (κ3) is 3.65. The Hall–Kier alpha value is -0.0800. The smallest absolute Gasteiger partial charge is 0.0116 e. The molecule has 1 saturated heterocycles. The molecule has 1 heterocycles. The van der Waals surface area contributed by atoms with Crippen LogP contribution in [-0.2, 0) is 0 Å². The summed E-state index contributed by atoms with van der Waals surface area (Å²) in [4.78, 5) is 2.55. The van der Waals surface area contributed by atoms with Crippen molar-refractivity contribution in [1.29, 1.82) is 0 Å². The van der Waals surface area contributed by atoms with Crippen LogP contribution in [0.1, 0.15) is 33.1 Å². The second kappa shape index (κ2) is 5.61. The Labute approximate surface area is 82.7 Å². The molecule has 0 spiro atoms. The average molecular weight is 184 g/mol. The maximum absolute atomic E-state index is 3.41. The molecule has 0 saturated carbocycles. The number of nitrogens with one attached hydrogen (secondary N) is 1. The second-order valence-electron chi connectivity index (χ2n) is 4.43. The van der Waals surface area contributed by atoms with E-state index in [0.29, 0.717) is 0 Å². The topological polar surface area (TPSA) is 15.3 Å². The Balaban J connectivity index is 2.24. The SMILES string of the molecule is CCC(C)CN(C)C1CCNCC1. The summed E-state index contributed by atoms with van der Waals surface area (Å²) in [6.45, 7) is 8.30. The first-order valence-electron chi connectivity index (χ1n) is 5.65. The van der Waals surface area contributed by atoms with Crippen LogP contribution in [0, 0.1) is 5.92 Å². The molecule has 1 rings (SSSR count). The number of hydrogen-bond donors (Lipinski definition) is 1. The molecule has 0 amide bonds. The maximum Gasteiger partial charge on any atom is 0.0116 e. The minimum absolute atomic E-state index is 0.829. The van der Waals surface area contributed by atoms with E-state index in [-0.39, 0.29) is 0 Å². The zero-order chi connectivity index (χ0) is 9.68. The van der Waals surface area contributed by atoms with Gasteiger partial charge in [0.05, 0.1) is 0 Å². The van der Waals surface area contributed by atoms with Crippen LogP contribution in [0.15, 0.2) is 0 Å². The third-order valence-electron chi connectivity index (χ3n) is 3.23. The van der Waals surface area contributed by atoms with E-state index in [4.69, 9.17) is 0 Å². The highest BCUT2D eigenvalue weighted by Crippen LogP contribution is 2.12. The molecule has 0 aromatic carbocycles. The van der Waals surface area contributed by atoms with Gasteiger partial charge in [-0.25, -0.2) is 0 Å². The Morgan fingerprint density at radius 2 is 2.00 bits per heavy atom. The number of piperidine rings is 1. The van der Waals surface area contributed by atoms with Crippen molar-refractivity contribution in [3.05, 3.63) is 0 Å². The average Bonchev–Trinajstić information content (AvgIpc) is 2.19. The molecule has 0 aliphatic carbocycles. The van der Waals surface area contributed by atoms with E-state index in [9.17, 15) is 0 Å². The van der Waals surface area contributed by atoms with Crippen LogP contribution in [0.2, 0.25) is 0 Å². The maximum atomic E-state index is 3.41. The van der Waals surface area contributed by atoms with Gasteiger partial charge in [-0.1, -0.05) is 20.3 Å². The van der Waals surface area contributed by atoms with Gasteiger partial charge in [0.15, 0.2) is 0 Å². The van der Waals surface area contributed by atoms with Gasteiger partial charge in [0.25, 0.3) is 0 Å². The van der Waals surface area contributed by atoms with Crippen molar-refractivity contribution >= 4 is 0 Å². The van der Waals surface area contributed by atoms with E-state index in [0.717, 1.165) is 12.0 Å². The Bertz CT molecular complexity index is 130. The van der Waals surface area contributed by atoms with Crippen LogP contribution >= 0.6 is 0 Å². The molecule has 1 aliphatic rings. The molecule has 2 nitrogen and oxygen atoms in total. The Kier molecular flexibility index (Phi) is 4.74. The van der Waals surface area contributed by atoms with Gasteiger partial charge in [-0.3, -0.25) is 0 Å². The highest BCUT2D eigenvalue weighted by Gasteiger charge is 2.18. The second-order valence-corrected chi connectivity index (χ2v) is 4.43. The molecule has 0 aromatic heterocycles. The van der Waals surface area contributed by atoms with Crippen molar-refractivity contribution < 1.29 is 0 Å². The summed E-state index contributed by atoms with van der Waals surface area (Å²) in [7, 11) is 2.28. The van der Waals surface area contributed by atoms with Crippen molar-refractivity contribution in [3.8, 4) is 0 Å². The van der Waals surface area contributed by atoms with E-state index < -0.39 is 0 Å². The van der Waals surface area contributed by atoms with E-state index >= 15 is 0 Å². The van der Waals surface area contributed by atoms with Gasteiger partial charge >= 0.3 is 0 Å². The predicted octanol–water partition coefficient (Wildman–Crippen LogP) is 1.72. The molecule has 78 valence electrons. The fraction of sp³-hybridized carbons (Fsp3) is 1.00. The van der Waals surface area contributed by atoms with Gasteiger partial charge in [-0.2, -0.15) is 0 Å². The van der Waals surface area contributed by atoms with Crippen LogP contribution < -0.4 is 5.32 Å². The lowest BCUT2D eigenvalue weighted by molar-refractivity contribution is 0.175. The molecular weight excluding hydrogens is 160 g/mol. The van der Waals surface area contributed by atoms with E-state index in [1.54, 1.807) is 0 Å². The van der Waals surface area contributed by atoms with Crippen LogP contribution in [0.25, 0.3) is 0 Å². The normalized spacial score (nSPS) is 22.2. The number of hydrogen-bond acceptors (Lipinski definition) is 2. The largest absolute Gasteiger partial charge is 0.317 e. The fourth-order valence-corrected chi connectivity index (χ4v) is 2.02. The zero-order valence-corrected chi connectivity index (χ0v) is 9.34. The summed E-state index contributed by atoms with van der Waals surface area (Å²) in [6.07, 6.45) is 3.95. The van der Waals surface area contributed by atoms with Gasteiger partial charge in [0.1, 0.15) is 0 Å². The monoisotopic (exact) mass is 184 g/mol. The lowest BCUT2D eigenvalue weighted by Crippen LogP contribution is -2.42. The Morgan fingerprint density at radius 1 is 1.38 bits per heavy atom. The summed E-state index contributed by atoms with van der Waals surface area (Å²) >= 11 is 0. The molecule has 1 unspecified atom stereocenters.